The van der Waals surface area contributed by atoms with E-state index in [1.54, 1.807) is 12.1 Å². The summed E-state index contributed by atoms with van der Waals surface area (Å²) in [6, 6.07) is 6.10. The largest absolute Gasteiger partial charge is 0.411 e. The molecule has 1 N–H and O–H groups in total. The predicted octanol–water partition coefficient (Wildman–Crippen LogP) is 4.05. The zero-order valence-electron chi connectivity index (χ0n) is 14.4. The number of nitrogens with one attached hydrogen (secondary N) is 1. The normalized spacial score (nSPS) is 21.7. The number of hydrogen-bond acceptors (Lipinski definition) is 5. The van der Waals surface area contributed by atoms with Gasteiger partial charge in [-0.05, 0) is 49.9 Å². The van der Waals surface area contributed by atoms with E-state index in [1.165, 1.54) is 36.7 Å². The third-order valence-electron chi connectivity index (χ3n) is 4.58. The van der Waals surface area contributed by atoms with Gasteiger partial charge in [0.05, 0.1) is 5.25 Å². The molecule has 1 aromatic carbocycles. The maximum absolute atomic E-state index is 13.0. The molecule has 0 saturated heterocycles. The van der Waals surface area contributed by atoms with Crippen molar-refractivity contribution in [2.24, 2.45) is 5.92 Å². The lowest BCUT2D eigenvalue weighted by Crippen LogP contribution is -2.44. The molecule has 1 aromatic heterocycles. The van der Waals surface area contributed by atoms with Crippen LogP contribution in [0.5, 0.6) is 0 Å². The smallest absolute Gasteiger partial charge is 0.277 e. The first-order valence-corrected chi connectivity index (χ1v) is 9.47. The van der Waals surface area contributed by atoms with Gasteiger partial charge in [0.15, 0.2) is 0 Å². The Morgan fingerprint density at radius 3 is 2.72 bits per heavy atom. The number of amides is 1. The van der Waals surface area contributed by atoms with E-state index in [9.17, 15) is 9.18 Å². The predicted molar refractivity (Wildman–Crippen MR) is 94.6 cm³/mol. The van der Waals surface area contributed by atoms with E-state index in [2.05, 4.69) is 22.4 Å². The molecular weight excluding hydrogens is 341 g/mol. The molecule has 2 aromatic rings. The summed E-state index contributed by atoms with van der Waals surface area (Å²) in [5.41, 5.74) is 0.647. The van der Waals surface area contributed by atoms with Crippen molar-refractivity contribution in [3.05, 3.63) is 30.1 Å². The van der Waals surface area contributed by atoms with Crippen molar-refractivity contribution in [3.63, 3.8) is 0 Å². The number of thioether (sulfide) groups is 1. The molecule has 3 rings (SSSR count). The SMILES string of the molecule is C[C@@H]1CCCC[C@@H]1NC(=O)[C@@H](C)Sc1nnc(-c2ccc(F)cc2)o1. The first kappa shape index (κ1) is 17.9. The van der Waals surface area contributed by atoms with E-state index in [1.807, 2.05) is 6.92 Å². The minimum absolute atomic E-state index is 0.00900. The van der Waals surface area contributed by atoms with Crippen LogP contribution in [-0.4, -0.2) is 27.4 Å². The van der Waals surface area contributed by atoms with Crippen molar-refractivity contribution in [1.82, 2.24) is 15.5 Å². The Hall–Kier alpha value is -1.89. The lowest BCUT2D eigenvalue weighted by Gasteiger charge is -2.30. The standard InChI is InChI=1S/C18H22FN3O2S/c1-11-5-3-4-6-15(11)20-16(23)12(2)25-18-22-21-17(24-18)13-7-9-14(19)10-8-13/h7-12,15H,3-6H2,1-2H3,(H,20,23)/t11-,12-,15+/m1/s1. The molecule has 25 heavy (non-hydrogen) atoms. The summed E-state index contributed by atoms with van der Waals surface area (Å²) in [5, 5.41) is 11.1. The second kappa shape index (κ2) is 7.99. The van der Waals surface area contributed by atoms with Gasteiger partial charge < -0.3 is 9.73 Å². The first-order chi connectivity index (χ1) is 12.0. The summed E-state index contributed by atoms with van der Waals surface area (Å²) in [6.07, 6.45) is 4.62. The topological polar surface area (TPSA) is 68.0 Å². The summed E-state index contributed by atoms with van der Waals surface area (Å²) in [7, 11) is 0. The van der Waals surface area contributed by atoms with Crippen LogP contribution in [0.2, 0.25) is 0 Å². The van der Waals surface area contributed by atoms with E-state index in [0.29, 0.717) is 22.6 Å². The van der Waals surface area contributed by atoms with Crippen molar-refractivity contribution in [3.8, 4) is 11.5 Å². The van der Waals surface area contributed by atoms with Crippen LogP contribution in [0.25, 0.3) is 11.5 Å². The van der Waals surface area contributed by atoms with Crippen molar-refractivity contribution < 1.29 is 13.6 Å². The number of benzene rings is 1. The van der Waals surface area contributed by atoms with Crippen molar-refractivity contribution >= 4 is 17.7 Å². The zero-order chi connectivity index (χ0) is 17.8. The molecule has 0 unspecified atom stereocenters. The van der Waals surface area contributed by atoms with Gasteiger partial charge in [-0.15, -0.1) is 10.2 Å². The number of carbonyl (C=O) groups is 1. The van der Waals surface area contributed by atoms with Crippen LogP contribution in [0.4, 0.5) is 4.39 Å². The molecule has 5 nitrogen and oxygen atoms in total. The fourth-order valence-electron chi connectivity index (χ4n) is 3.00. The van der Waals surface area contributed by atoms with Gasteiger partial charge >= 0.3 is 0 Å². The molecule has 1 amide bonds. The Kier molecular flexibility index (Phi) is 5.73. The van der Waals surface area contributed by atoms with E-state index < -0.39 is 0 Å². The molecule has 134 valence electrons. The number of aromatic nitrogens is 2. The number of hydrogen-bond donors (Lipinski definition) is 1. The molecule has 7 heteroatoms. The van der Waals surface area contributed by atoms with Gasteiger partial charge in [0.2, 0.25) is 11.8 Å². The van der Waals surface area contributed by atoms with Crippen LogP contribution in [0.15, 0.2) is 33.9 Å². The minimum Gasteiger partial charge on any atom is -0.411 e. The van der Waals surface area contributed by atoms with Gasteiger partial charge in [-0.2, -0.15) is 0 Å². The summed E-state index contributed by atoms with van der Waals surface area (Å²) in [4.78, 5) is 12.4. The van der Waals surface area contributed by atoms with E-state index >= 15 is 0 Å². The maximum Gasteiger partial charge on any atom is 0.277 e. The van der Waals surface area contributed by atoms with Gasteiger partial charge in [-0.1, -0.05) is 31.5 Å². The molecule has 1 fully saturated rings. The minimum atomic E-state index is -0.323. The summed E-state index contributed by atoms with van der Waals surface area (Å²) < 4.78 is 18.6. The van der Waals surface area contributed by atoms with Crippen molar-refractivity contribution in [1.29, 1.82) is 0 Å². The molecule has 0 radical (unpaired) electrons. The summed E-state index contributed by atoms with van der Waals surface area (Å²) in [6.45, 7) is 4.02. The molecule has 1 aliphatic rings. The van der Waals surface area contributed by atoms with Crippen molar-refractivity contribution in [2.45, 2.75) is 56.0 Å². The molecule has 0 bridgehead atoms. The van der Waals surface area contributed by atoms with Gasteiger partial charge in [0, 0.05) is 11.6 Å². The van der Waals surface area contributed by atoms with Gasteiger partial charge in [0.1, 0.15) is 5.82 Å². The zero-order valence-corrected chi connectivity index (χ0v) is 15.2. The van der Waals surface area contributed by atoms with Crippen LogP contribution >= 0.6 is 11.8 Å². The summed E-state index contributed by atoms with van der Waals surface area (Å²) >= 11 is 1.23. The lowest BCUT2D eigenvalue weighted by atomic mass is 9.86. The molecule has 3 atom stereocenters. The highest BCUT2D eigenvalue weighted by atomic mass is 32.2. The van der Waals surface area contributed by atoms with Gasteiger partial charge in [0.25, 0.3) is 5.22 Å². The number of carbonyl (C=O) groups excluding carboxylic acids is 1. The lowest BCUT2D eigenvalue weighted by molar-refractivity contribution is -0.121. The highest BCUT2D eigenvalue weighted by Crippen LogP contribution is 2.28. The Morgan fingerprint density at radius 2 is 2.00 bits per heavy atom. The average Bonchev–Trinajstić information content (AvgIpc) is 3.06. The molecule has 0 spiro atoms. The van der Waals surface area contributed by atoms with Crippen LogP contribution in [0.3, 0.4) is 0 Å². The Labute approximate surface area is 150 Å². The quantitative estimate of drug-likeness (QED) is 0.812. The van der Waals surface area contributed by atoms with Crippen LogP contribution < -0.4 is 5.32 Å². The Bertz CT molecular complexity index is 719. The maximum atomic E-state index is 13.0. The number of halogens is 1. The van der Waals surface area contributed by atoms with E-state index in [-0.39, 0.29) is 23.0 Å². The van der Waals surface area contributed by atoms with Crippen LogP contribution in [0, 0.1) is 11.7 Å². The summed E-state index contributed by atoms with van der Waals surface area (Å²) in [5.74, 6) is 0.504. The first-order valence-electron chi connectivity index (χ1n) is 8.59. The number of rotatable bonds is 5. The van der Waals surface area contributed by atoms with Crippen LogP contribution in [-0.2, 0) is 4.79 Å². The Balaban J connectivity index is 1.58. The van der Waals surface area contributed by atoms with Crippen LogP contribution in [0.1, 0.15) is 39.5 Å². The molecule has 1 aliphatic carbocycles. The van der Waals surface area contributed by atoms with Gasteiger partial charge in [-0.25, -0.2) is 4.39 Å². The van der Waals surface area contributed by atoms with E-state index in [4.69, 9.17) is 4.42 Å². The monoisotopic (exact) mass is 363 g/mol. The van der Waals surface area contributed by atoms with E-state index in [0.717, 1.165) is 12.8 Å². The fourth-order valence-corrected chi connectivity index (χ4v) is 3.69. The molecular formula is C18H22FN3O2S. The average molecular weight is 363 g/mol. The van der Waals surface area contributed by atoms with Gasteiger partial charge in [-0.3, -0.25) is 4.79 Å². The third-order valence-corrected chi connectivity index (χ3v) is 5.52. The fraction of sp³-hybridized carbons (Fsp3) is 0.500. The molecule has 1 heterocycles. The second-order valence-corrected chi connectivity index (χ2v) is 7.81. The highest BCUT2D eigenvalue weighted by Gasteiger charge is 2.26. The molecule has 0 aliphatic heterocycles. The second-order valence-electron chi connectivity index (χ2n) is 6.52. The highest BCUT2D eigenvalue weighted by molar-refractivity contribution is 8.00. The molecule has 1 saturated carbocycles. The third kappa shape index (κ3) is 4.60. The Morgan fingerprint density at radius 1 is 1.28 bits per heavy atom. The number of nitrogens with zero attached hydrogens (tertiary/aromatic N) is 2. The van der Waals surface area contributed by atoms with Crippen molar-refractivity contribution in [2.75, 3.05) is 0 Å².